The van der Waals surface area contributed by atoms with Crippen LogP contribution >= 0.6 is 0 Å². The summed E-state index contributed by atoms with van der Waals surface area (Å²) in [5.74, 6) is -1.18. The minimum atomic E-state index is -0.629. The molecule has 0 aliphatic heterocycles. The van der Waals surface area contributed by atoms with Gasteiger partial charge in [-0.2, -0.15) is 0 Å². The summed E-state index contributed by atoms with van der Waals surface area (Å²) in [5.41, 5.74) is 6.71. The average molecular weight is 396 g/mol. The lowest BCUT2D eigenvalue weighted by atomic mass is 10.0. The highest BCUT2D eigenvalue weighted by Crippen LogP contribution is 2.29. The van der Waals surface area contributed by atoms with E-state index in [4.69, 9.17) is 0 Å². The molecular formula is C26H24N2O2. The largest absolute Gasteiger partial charge is 0.319 e. The SMILES string of the molecule is CCc1cccc(C)c1NC(=O)C(=O)c1c(-c2ccc(C)cc2)cc2ccccn12. The van der Waals surface area contributed by atoms with E-state index in [1.807, 2.05) is 93.7 Å². The quantitative estimate of drug-likeness (QED) is 0.352. The molecule has 2 aromatic heterocycles. The number of benzene rings is 2. The Hall–Kier alpha value is -3.66. The van der Waals surface area contributed by atoms with E-state index >= 15 is 0 Å². The minimum absolute atomic E-state index is 0.374. The lowest BCUT2D eigenvalue weighted by molar-refractivity contribution is -0.112. The number of nitrogens with zero attached hydrogens (tertiary/aromatic N) is 1. The number of para-hydroxylation sites is 1. The zero-order valence-corrected chi connectivity index (χ0v) is 17.4. The van der Waals surface area contributed by atoms with Crippen molar-refractivity contribution < 1.29 is 9.59 Å². The fourth-order valence-electron chi connectivity index (χ4n) is 3.79. The zero-order chi connectivity index (χ0) is 21.3. The maximum atomic E-state index is 13.4. The molecule has 0 fully saturated rings. The van der Waals surface area contributed by atoms with E-state index < -0.39 is 11.7 Å². The van der Waals surface area contributed by atoms with Crippen molar-refractivity contribution in [3.05, 3.63) is 95.3 Å². The fraction of sp³-hybridized carbons (Fsp3) is 0.154. The van der Waals surface area contributed by atoms with Crippen LogP contribution in [0.3, 0.4) is 0 Å². The number of hydrogen-bond donors (Lipinski definition) is 1. The first-order valence-corrected chi connectivity index (χ1v) is 10.1. The molecule has 0 radical (unpaired) electrons. The zero-order valence-electron chi connectivity index (χ0n) is 17.4. The predicted molar refractivity (Wildman–Crippen MR) is 121 cm³/mol. The van der Waals surface area contributed by atoms with Crippen LogP contribution in [0.1, 0.15) is 34.1 Å². The van der Waals surface area contributed by atoms with Gasteiger partial charge in [-0.3, -0.25) is 9.59 Å². The molecule has 2 heterocycles. The van der Waals surface area contributed by atoms with Crippen LogP contribution < -0.4 is 5.32 Å². The van der Waals surface area contributed by atoms with Gasteiger partial charge in [-0.15, -0.1) is 0 Å². The van der Waals surface area contributed by atoms with Crippen LogP contribution in [0.2, 0.25) is 0 Å². The van der Waals surface area contributed by atoms with E-state index in [9.17, 15) is 9.59 Å². The van der Waals surface area contributed by atoms with Crippen molar-refractivity contribution in [1.82, 2.24) is 4.40 Å². The number of carbonyl (C=O) groups is 2. The first-order chi connectivity index (χ1) is 14.5. The number of hydrogen-bond acceptors (Lipinski definition) is 2. The van der Waals surface area contributed by atoms with E-state index in [1.165, 1.54) is 0 Å². The molecule has 0 aliphatic rings. The molecule has 0 atom stereocenters. The van der Waals surface area contributed by atoms with Crippen LogP contribution in [0.4, 0.5) is 5.69 Å². The normalized spacial score (nSPS) is 10.9. The van der Waals surface area contributed by atoms with Crippen molar-refractivity contribution in [2.45, 2.75) is 27.2 Å². The van der Waals surface area contributed by atoms with Gasteiger partial charge in [0.25, 0.3) is 11.7 Å². The molecule has 0 bridgehead atoms. The second-order valence-electron chi connectivity index (χ2n) is 7.51. The van der Waals surface area contributed by atoms with Crippen LogP contribution in [0.5, 0.6) is 0 Å². The third-order valence-corrected chi connectivity index (χ3v) is 5.44. The van der Waals surface area contributed by atoms with Crippen LogP contribution in [-0.2, 0) is 11.2 Å². The number of pyridine rings is 1. The third kappa shape index (κ3) is 3.52. The smallest absolute Gasteiger partial charge is 0.298 e. The topological polar surface area (TPSA) is 50.6 Å². The van der Waals surface area contributed by atoms with Crippen molar-refractivity contribution in [3.63, 3.8) is 0 Å². The molecule has 0 saturated heterocycles. The molecule has 2 aromatic carbocycles. The number of amides is 1. The molecule has 1 amide bonds. The number of fused-ring (bicyclic) bond motifs is 1. The van der Waals surface area contributed by atoms with E-state index in [1.54, 1.807) is 4.40 Å². The Morgan fingerprint density at radius 2 is 1.70 bits per heavy atom. The highest BCUT2D eigenvalue weighted by atomic mass is 16.2. The van der Waals surface area contributed by atoms with Crippen molar-refractivity contribution in [3.8, 4) is 11.1 Å². The van der Waals surface area contributed by atoms with Crippen LogP contribution in [0.15, 0.2) is 72.9 Å². The Morgan fingerprint density at radius 3 is 2.43 bits per heavy atom. The van der Waals surface area contributed by atoms with Gasteiger partial charge in [-0.25, -0.2) is 0 Å². The molecule has 30 heavy (non-hydrogen) atoms. The van der Waals surface area contributed by atoms with Crippen LogP contribution in [0, 0.1) is 13.8 Å². The Kier molecular flexibility index (Phi) is 5.23. The van der Waals surface area contributed by atoms with Gasteiger partial charge in [0.05, 0.1) is 0 Å². The summed E-state index contributed by atoms with van der Waals surface area (Å²) in [4.78, 5) is 26.4. The lowest BCUT2D eigenvalue weighted by Gasteiger charge is -2.13. The summed E-state index contributed by atoms with van der Waals surface area (Å²) >= 11 is 0. The molecule has 1 N–H and O–H groups in total. The molecule has 4 aromatic rings. The Bertz CT molecular complexity index is 1250. The second kappa shape index (κ2) is 7.99. The molecule has 0 aliphatic carbocycles. The molecule has 0 unspecified atom stereocenters. The van der Waals surface area contributed by atoms with E-state index in [0.29, 0.717) is 5.69 Å². The summed E-state index contributed by atoms with van der Waals surface area (Å²) in [5, 5.41) is 2.87. The number of Topliss-reactive ketones (excluding diaryl/α,β-unsaturated/α-hetero) is 1. The van der Waals surface area contributed by atoms with Crippen LogP contribution in [0.25, 0.3) is 16.6 Å². The number of aryl methyl sites for hydroxylation is 3. The fourth-order valence-corrected chi connectivity index (χ4v) is 3.79. The Balaban J connectivity index is 1.79. The number of nitrogens with one attached hydrogen (secondary N) is 1. The van der Waals surface area contributed by atoms with Crippen molar-refractivity contribution in [1.29, 1.82) is 0 Å². The second-order valence-corrected chi connectivity index (χ2v) is 7.51. The standard InChI is InChI=1S/C26H24N2O2/c1-4-19-9-7-8-18(3)23(19)27-26(30)25(29)24-22(20-13-11-17(2)12-14-20)16-21-10-5-6-15-28(21)24/h5-16H,4H2,1-3H3,(H,27,30). The average Bonchev–Trinajstić information content (AvgIpc) is 3.14. The van der Waals surface area contributed by atoms with Gasteiger partial charge < -0.3 is 9.72 Å². The first kappa shape index (κ1) is 19.6. The summed E-state index contributed by atoms with van der Waals surface area (Å²) < 4.78 is 1.79. The van der Waals surface area contributed by atoms with Gasteiger partial charge in [-0.05, 0) is 55.2 Å². The van der Waals surface area contributed by atoms with Gasteiger partial charge in [0.15, 0.2) is 0 Å². The lowest BCUT2D eigenvalue weighted by Crippen LogP contribution is -2.25. The summed E-state index contributed by atoms with van der Waals surface area (Å²) in [6, 6.07) is 21.5. The Labute approximate surface area is 176 Å². The molecule has 0 spiro atoms. The van der Waals surface area contributed by atoms with Gasteiger partial charge in [0.1, 0.15) is 5.69 Å². The number of anilines is 1. The summed E-state index contributed by atoms with van der Waals surface area (Å²) in [6.07, 6.45) is 2.59. The molecule has 4 heteroatoms. The third-order valence-electron chi connectivity index (χ3n) is 5.44. The Morgan fingerprint density at radius 1 is 0.933 bits per heavy atom. The van der Waals surface area contributed by atoms with E-state index in [-0.39, 0.29) is 0 Å². The molecular weight excluding hydrogens is 372 g/mol. The molecule has 0 saturated carbocycles. The minimum Gasteiger partial charge on any atom is -0.319 e. The van der Waals surface area contributed by atoms with Crippen LogP contribution in [-0.4, -0.2) is 16.1 Å². The number of ketones is 1. The van der Waals surface area contributed by atoms with Gasteiger partial charge >= 0.3 is 0 Å². The van der Waals surface area contributed by atoms with Crippen molar-refractivity contribution >= 4 is 22.9 Å². The number of aromatic nitrogens is 1. The molecule has 4 rings (SSSR count). The van der Waals surface area contributed by atoms with Gasteiger partial charge in [-0.1, -0.05) is 61.0 Å². The monoisotopic (exact) mass is 396 g/mol. The number of carbonyl (C=O) groups excluding carboxylic acids is 2. The molecule has 4 nitrogen and oxygen atoms in total. The van der Waals surface area contributed by atoms with Gasteiger partial charge in [0.2, 0.25) is 0 Å². The van der Waals surface area contributed by atoms with E-state index in [2.05, 4.69) is 5.32 Å². The van der Waals surface area contributed by atoms with Crippen molar-refractivity contribution in [2.75, 3.05) is 5.32 Å². The first-order valence-electron chi connectivity index (χ1n) is 10.1. The summed E-state index contributed by atoms with van der Waals surface area (Å²) in [7, 11) is 0. The maximum Gasteiger partial charge on any atom is 0.298 e. The maximum absolute atomic E-state index is 13.4. The summed E-state index contributed by atoms with van der Waals surface area (Å²) in [6.45, 7) is 5.99. The van der Waals surface area contributed by atoms with Crippen molar-refractivity contribution in [2.24, 2.45) is 0 Å². The number of rotatable bonds is 5. The molecule has 150 valence electrons. The highest BCUT2D eigenvalue weighted by molar-refractivity contribution is 6.47. The van der Waals surface area contributed by atoms with E-state index in [0.717, 1.165) is 45.4 Å². The highest BCUT2D eigenvalue weighted by Gasteiger charge is 2.25. The van der Waals surface area contributed by atoms with Gasteiger partial charge in [0, 0.05) is 23.0 Å². The predicted octanol–water partition coefficient (Wildman–Crippen LogP) is 5.61.